The Hall–Kier alpha value is -3.29. The molecule has 5 rings (SSSR count). The van der Waals surface area contributed by atoms with Crippen LogP contribution < -0.4 is 5.32 Å². The maximum atomic E-state index is 13.4. The first kappa shape index (κ1) is 22.5. The molecule has 7 heteroatoms. The number of aliphatic hydroxyl groups is 1. The number of hydrogen-bond donors (Lipinski definition) is 2. The van der Waals surface area contributed by atoms with Crippen molar-refractivity contribution >= 4 is 11.7 Å². The van der Waals surface area contributed by atoms with Crippen molar-refractivity contribution < 1.29 is 9.90 Å². The third-order valence-corrected chi connectivity index (χ3v) is 6.80. The van der Waals surface area contributed by atoms with E-state index in [1.54, 1.807) is 11.0 Å². The Kier molecular flexibility index (Phi) is 6.56. The van der Waals surface area contributed by atoms with Gasteiger partial charge in [-0.3, -0.25) is 9.69 Å². The molecule has 3 heterocycles. The molecule has 2 N–H and O–H groups in total. The Morgan fingerprint density at radius 2 is 1.82 bits per heavy atom. The highest BCUT2D eigenvalue weighted by Crippen LogP contribution is 2.26. The molecule has 1 fully saturated rings. The van der Waals surface area contributed by atoms with Gasteiger partial charge >= 0.3 is 0 Å². The molecule has 2 aliphatic heterocycles. The molecule has 1 saturated heterocycles. The molecule has 0 bridgehead atoms. The number of hydrogen-bond acceptors (Lipinski definition) is 6. The number of carbonyl (C=O) groups is 1. The van der Waals surface area contributed by atoms with Crippen LogP contribution in [0.4, 0.5) is 5.82 Å². The number of aromatic nitrogens is 2. The summed E-state index contributed by atoms with van der Waals surface area (Å²) >= 11 is 0. The van der Waals surface area contributed by atoms with Crippen molar-refractivity contribution in [2.24, 2.45) is 0 Å². The standard InChI is InChI=1S/C27H31N5O2/c1-2-28-25-16-22(29-26(30-25)20-9-4-3-5-10-20)27(34)32-15-13-23(24(33)18-32)31-14-12-19-8-6-7-11-21(19)17-31/h3-11,16,23-24,33H,2,12-15,17-18H2,1H3,(H,28,29,30)/t23?,24-/m1/s1. The highest BCUT2D eigenvalue weighted by Gasteiger charge is 2.35. The van der Waals surface area contributed by atoms with Crippen LogP contribution in [-0.4, -0.2) is 69.1 Å². The fourth-order valence-corrected chi connectivity index (χ4v) is 5.04. The number of benzene rings is 2. The number of amides is 1. The molecule has 0 radical (unpaired) electrons. The van der Waals surface area contributed by atoms with Crippen LogP contribution in [0.15, 0.2) is 60.7 Å². The number of carbonyl (C=O) groups excluding carboxylic acids is 1. The molecular formula is C27H31N5O2. The Labute approximate surface area is 200 Å². The Morgan fingerprint density at radius 1 is 1.06 bits per heavy atom. The molecule has 34 heavy (non-hydrogen) atoms. The van der Waals surface area contributed by atoms with Gasteiger partial charge in [0.05, 0.1) is 6.10 Å². The number of rotatable bonds is 5. The summed E-state index contributed by atoms with van der Waals surface area (Å²) in [6.45, 7) is 5.38. The summed E-state index contributed by atoms with van der Waals surface area (Å²) in [5.41, 5.74) is 3.95. The van der Waals surface area contributed by atoms with Crippen LogP contribution in [0, 0.1) is 0 Å². The van der Waals surface area contributed by atoms with E-state index >= 15 is 0 Å². The van der Waals surface area contributed by atoms with E-state index in [0.717, 1.165) is 31.5 Å². The maximum Gasteiger partial charge on any atom is 0.272 e. The van der Waals surface area contributed by atoms with E-state index in [4.69, 9.17) is 0 Å². The number of nitrogens with zero attached hydrogens (tertiary/aromatic N) is 4. The number of fused-ring (bicyclic) bond motifs is 1. The van der Waals surface area contributed by atoms with Gasteiger partial charge < -0.3 is 15.3 Å². The van der Waals surface area contributed by atoms with Crippen LogP contribution in [0.5, 0.6) is 0 Å². The SMILES string of the molecule is CCNc1cc(C(=O)N2CCC(N3CCc4ccccc4C3)[C@H](O)C2)nc(-c2ccccc2)n1. The summed E-state index contributed by atoms with van der Waals surface area (Å²) in [6.07, 6.45) is 1.15. The van der Waals surface area contributed by atoms with E-state index < -0.39 is 6.10 Å². The number of β-amino-alcohol motifs (C(OH)–C–C–N with tert-alkyl or cyclic N) is 1. The van der Waals surface area contributed by atoms with E-state index in [-0.39, 0.29) is 11.9 Å². The molecule has 7 nitrogen and oxygen atoms in total. The second-order valence-corrected chi connectivity index (χ2v) is 9.02. The van der Waals surface area contributed by atoms with Crippen molar-refractivity contribution in [1.82, 2.24) is 19.8 Å². The van der Waals surface area contributed by atoms with Crippen molar-refractivity contribution in [1.29, 1.82) is 0 Å². The minimum absolute atomic E-state index is 0.0556. The van der Waals surface area contributed by atoms with Gasteiger partial charge in [-0.1, -0.05) is 54.6 Å². The molecule has 2 aromatic carbocycles. The van der Waals surface area contributed by atoms with Crippen molar-refractivity contribution in [2.75, 3.05) is 31.5 Å². The Bertz CT molecular complexity index is 1150. The van der Waals surface area contributed by atoms with Crippen LogP contribution >= 0.6 is 0 Å². The first-order valence-corrected chi connectivity index (χ1v) is 12.1. The molecule has 0 saturated carbocycles. The fourth-order valence-electron chi connectivity index (χ4n) is 5.04. The maximum absolute atomic E-state index is 13.4. The van der Waals surface area contributed by atoms with E-state index in [1.807, 2.05) is 37.3 Å². The largest absolute Gasteiger partial charge is 0.390 e. The van der Waals surface area contributed by atoms with Crippen molar-refractivity contribution in [3.8, 4) is 11.4 Å². The first-order valence-electron chi connectivity index (χ1n) is 12.1. The lowest BCUT2D eigenvalue weighted by Gasteiger charge is -2.43. The molecule has 3 aromatic rings. The van der Waals surface area contributed by atoms with Gasteiger partial charge in [0, 0.05) is 50.4 Å². The van der Waals surface area contributed by atoms with Crippen molar-refractivity contribution in [3.63, 3.8) is 0 Å². The Balaban J connectivity index is 1.31. The lowest BCUT2D eigenvalue weighted by Crippen LogP contribution is -2.56. The number of piperidine rings is 1. The summed E-state index contributed by atoms with van der Waals surface area (Å²) in [7, 11) is 0. The normalized spacial score (nSPS) is 20.6. The van der Waals surface area contributed by atoms with Gasteiger partial charge in [-0.25, -0.2) is 9.97 Å². The number of likely N-dealkylation sites (tertiary alicyclic amines) is 1. The highest BCUT2D eigenvalue weighted by molar-refractivity contribution is 5.93. The molecule has 176 valence electrons. The minimum Gasteiger partial charge on any atom is -0.390 e. The van der Waals surface area contributed by atoms with Crippen molar-refractivity contribution in [2.45, 2.75) is 38.5 Å². The molecular weight excluding hydrogens is 426 g/mol. The quantitative estimate of drug-likeness (QED) is 0.612. The van der Waals surface area contributed by atoms with E-state index in [0.29, 0.717) is 37.0 Å². The van der Waals surface area contributed by atoms with Gasteiger partial charge in [0.1, 0.15) is 11.5 Å². The zero-order valence-corrected chi connectivity index (χ0v) is 19.5. The summed E-state index contributed by atoms with van der Waals surface area (Å²) in [4.78, 5) is 26.7. The third kappa shape index (κ3) is 4.67. The van der Waals surface area contributed by atoms with Crippen molar-refractivity contribution in [3.05, 3.63) is 77.5 Å². The zero-order valence-electron chi connectivity index (χ0n) is 19.5. The van der Waals surface area contributed by atoms with Gasteiger partial charge in [-0.2, -0.15) is 0 Å². The summed E-state index contributed by atoms with van der Waals surface area (Å²) in [6, 6.07) is 20.0. The van der Waals surface area contributed by atoms with Crippen LogP contribution in [0.3, 0.4) is 0 Å². The lowest BCUT2D eigenvalue weighted by molar-refractivity contribution is -0.0139. The molecule has 1 unspecified atom stereocenters. The summed E-state index contributed by atoms with van der Waals surface area (Å²) in [5.74, 6) is 0.979. The minimum atomic E-state index is -0.591. The second kappa shape index (κ2) is 9.91. The van der Waals surface area contributed by atoms with Crippen LogP contribution in [0.2, 0.25) is 0 Å². The summed E-state index contributed by atoms with van der Waals surface area (Å²) in [5, 5.41) is 14.2. The smallest absolute Gasteiger partial charge is 0.272 e. The van der Waals surface area contributed by atoms with E-state index in [1.165, 1.54) is 11.1 Å². The molecule has 2 aliphatic rings. The first-order chi connectivity index (χ1) is 16.6. The summed E-state index contributed by atoms with van der Waals surface area (Å²) < 4.78 is 0. The second-order valence-electron chi connectivity index (χ2n) is 9.02. The topological polar surface area (TPSA) is 81.6 Å². The predicted molar refractivity (Wildman–Crippen MR) is 133 cm³/mol. The van der Waals surface area contributed by atoms with Crippen LogP contribution in [-0.2, 0) is 13.0 Å². The van der Waals surface area contributed by atoms with Gasteiger partial charge in [0.2, 0.25) is 0 Å². The highest BCUT2D eigenvalue weighted by atomic mass is 16.3. The lowest BCUT2D eigenvalue weighted by atomic mass is 9.94. The number of aliphatic hydroxyl groups excluding tert-OH is 1. The predicted octanol–water partition coefficient (Wildman–Crippen LogP) is 3.21. The molecule has 1 aromatic heterocycles. The Morgan fingerprint density at radius 3 is 2.59 bits per heavy atom. The average Bonchev–Trinajstić information content (AvgIpc) is 2.88. The van der Waals surface area contributed by atoms with Gasteiger partial charge in [0.25, 0.3) is 5.91 Å². The number of anilines is 1. The van der Waals surface area contributed by atoms with Crippen LogP contribution in [0.25, 0.3) is 11.4 Å². The molecule has 0 spiro atoms. The number of nitrogens with one attached hydrogen (secondary N) is 1. The average molecular weight is 458 g/mol. The monoisotopic (exact) mass is 457 g/mol. The zero-order chi connectivity index (χ0) is 23.5. The molecule has 0 aliphatic carbocycles. The van der Waals surface area contributed by atoms with Crippen LogP contribution in [0.1, 0.15) is 35.0 Å². The molecule has 1 amide bonds. The molecule has 2 atom stereocenters. The van der Waals surface area contributed by atoms with Gasteiger partial charge in [-0.05, 0) is 30.9 Å². The van der Waals surface area contributed by atoms with E-state index in [2.05, 4.69) is 44.5 Å². The van der Waals surface area contributed by atoms with Gasteiger partial charge in [-0.15, -0.1) is 0 Å². The third-order valence-electron chi connectivity index (χ3n) is 6.80. The van der Waals surface area contributed by atoms with Gasteiger partial charge in [0.15, 0.2) is 5.82 Å². The van der Waals surface area contributed by atoms with E-state index in [9.17, 15) is 9.90 Å². The fraction of sp³-hybridized carbons (Fsp3) is 0.370.